The zero-order chi connectivity index (χ0) is 13.7. The summed E-state index contributed by atoms with van der Waals surface area (Å²) >= 11 is 0. The lowest BCUT2D eigenvalue weighted by Gasteiger charge is -2.56. The van der Waals surface area contributed by atoms with Crippen LogP contribution in [0.4, 0.5) is 0 Å². The Balaban J connectivity index is 1.84. The van der Waals surface area contributed by atoms with Crippen LogP contribution < -0.4 is 0 Å². The first-order valence-electron chi connectivity index (χ1n) is 8.36. The number of aliphatic hydroxyl groups is 2. The lowest BCUT2D eigenvalue weighted by Crippen LogP contribution is -2.55. The summed E-state index contributed by atoms with van der Waals surface area (Å²) in [7, 11) is 0. The van der Waals surface area contributed by atoms with Crippen LogP contribution in [-0.2, 0) is 0 Å². The summed E-state index contributed by atoms with van der Waals surface area (Å²) in [6.07, 6.45) is 10.5. The SMILES string of the molecule is CC(C)(O)C1CCCC2C1CCC1(O)CCCCC21. The van der Waals surface area contributed by atoms with E-state index in [4.69, 9.17) is 0 Å². The third-order valence-electron chi connectivity index (χ3n) is 6.52. The largest absolute Gasteiger partial charge is 0.390 e. The molecule has 3 aliphatic carbocycles. The zero-order valence-corrected chi connectivity index (χ0v) is 12.6. The first kappa shape index (κ1) is 13.9. The van der Waals surface area contributed by atoms with E-state index in [2.05, 4.69) is 0 Å². The molecular weight excluding hydrogens is 236 g/mol. The molecule has 19 heavy (non-hydrogen) atoms. The number of fused-ring (bicyclic) bond motifs is 3. The average molecular weight is 266 g/mol. The van der Waals surface area contributed by atoms with E-state index in [-0.39, 0.29) is 5.60 Å². The molecule has 0 saturated heterocycles. The number of hydrogen-bond acceptors (Lipinski definition) is 2. The van der Waals surface area contributed by atoms with Gasteiger partial charge in [0, 0.05) is 0 Å². The summed E-state index contributed by atoms with van der Waals surface area (Å²) in [4.78, 5) is 0. The van der Waals surface area contributed by atoms with E-state index in [1.165, 1.54) is 38.5 Å². The highest BCUT2D eigenvalue weighted by atomic mass is 16.3. The average Bonchev–Trinajstić information content (AvgIpc) is 2.36. The van der Waals surface area contributed by atoms with Crippen molar-refractivity contribution in [2.75, 3.05) is 0 Å². The first-order chi connectivity index (χ1) is 8.92. The molecule has 3 saturated carbocycles. The van der Waals surface area contributed by atoms with Crippen LogP contribution in [0.5, 0.6) is 0 Å². The van der Waals surface area contributed by atoms with Gasteiger partial charge in [-0.1, -0.05) is 19.3 Å². The molecule has 3 rings (SSSR count). The van der Waals surface area contributed by atoms with Gasteiger partial charge in [-0.2, -0.15) is 0 Å². The molecule has 2 N–H and O–H groups in total. The summed E-state index contributed by atoms with van der Waals surface area (Å²) in [6.45, 7) is 3.98. The standard InChI is InChI=1S/C17H30O2/c1-16(2,18)14-8-5-6-12-13(14)9-11-17(19)10-4-3-7-15(12)17/h12-15,18-19H,3-11H2,1-2H3. The van der Waals surface area contributed by atoms with E-state index in [9.17, 15) is 10.2 Å². The van der Waals surface area contributed by atoms with Crippen molar-refractivity contribution >= 4 is 0 Å². The van der Waals surface area contributed by atoms with Crippen LogP contribution in [0.2, 0.25) is 0 Å². The van der Waals surface area contributed by atoms with Gasteiger partial charge in [0.05, 0.1) is 11.2 Å². The van der Waals surface area contributed by atoms with Crippen molar-refractivity contribution in [3.63, 3.8) is 0 Å². The molecule has 110 valence electrons. The first-order valence-corrected chi connectivity index (χ1v) is 8.36. The molecule has 3 aliphatic rings. The smallest absolute Gasteiger partial charge is 0.0678 e. The predicted octanol–water partition coefficient (Wildman–Crippen LogP) is 3.50. The number of rotatable bonds is 1. The van der Waals surface area contributed by atoms with Gasteiger partial charge in [0.15, 0.2) is 0 Å². The summed E-state index contributed by atoms with van der Waals surface area (Å²) in [5, 5.41) is 21.4. The molecule has 0 aliphatic heterocycles. The second-order valence-electron chi connectivity index (χ2n) is 8.01. The molecule has 5 atom stereocenters. The van der Waals surface area contributed by atoms with Crippen LogP contribution in [0, 0.1) is 23.7 Å². The highest BCUT2D eigenvalue weighted by molar-refractivity contribution is 5.03. The molecule has 0 radical (unpaired) electrons. The van der Waals surface area contributed by atoms with Gasteiger partial charge in [0.2, 0.25) is 0 Å². The van der Waals surface area contributed by atoms with E-state index in [0.717, 1.165) is 19.3 Å². The molecule has 0 bridgehead atoms. The van der Waals surface area contributed by atoms with Gasteiger partial charge in [-0.05, 0) is 76.0 Å². The fourth-order valence-electron chi connectivity index (χ4n) is 5.68. The zero-order valence-electron chi connectivity index (χ0n) is 12.6. The molecule has 0 aromatic carbocycles. The van der Waals surface area contributed by atoms with Gasteiger partial charge in [0.25, 0.3) is 0 Å². The third-order valence-corrected chi connectivity index (χ3v) is 6.52. The Kier molecular flexibility index (Phi) is 3.46. The molecule has 5 unspecified atom stereocenters. The normalized spacial score (nSPS) is 47.4. The van der Waals surface area contributed by atoms with E-state index >= 15 is 0 Å². The van der Waals surface area contributed by atoms with Crippen LogP contribution in [-0.4, -0.2) is 21.4 Å². The Bertz CT molecular complexity index is 333. The van der Waals surface area contributed by atoms with Gasteiger partial charge < -0.3 is 10.2 Å². The molecule has 2 nitrogen and oxygen atoms in total. The number of hydrogen-bond donors (Lipinski definition) is 2. The molecule has 0 amide bonds. The van der Waals surface area contributed by atoms with Crippen molar-refractivity contribution in [2.24, 2.45) is 23.7 Å². The van der Waals surface area contributed by atoms with Crippen molar-refractivity contribution in [2.45, 2.75) is 82.8 Å². The Morgan fingerprint density at radius 2 is 1.68 bits per heavy atom. The van der Waals surface area contributed by atoms with Gasteiger partial charge in [-0.15, -0.1) is 0 Å². The third kappa shape index (κ3) is 2.35. The highest BCUT2D eigenvalue weighted by Crippen LogP contribution is 2.56. The van der Waals surface area contributed by atoms with Gasteiger partial charge in [-0.3, -0.25) is 0 Å². The maximum atomic E-state index is 11.0. The Labute approximate surface area is 117 Å². The van der Waals surface area contributed by atoms with Crippen LogP contribution in [0.15, 0.2) is 0 Å². The lowest BCUT2D eigenvalue weighted by atomic mass is 9.52. The minimum absolute atomic E-state index is 0.360. The highest BCUT2D eigenvalue weighted by Gasteiger charge is 2.53. The van der Waals surface area contributed by atoms with Gasteiger partial charge in [0.1, 0.15) is 0 Å². The molecular formula is C17H30O2. The Morgan fingerprint density at radius 1 is 0.895 bits per heavy atom. The quantitative estimate of drug-likeness (QED) is 0.762. The van der Waals surface area contributed by atoms with Crippen LogP contribution in [0.3, 0.4) is 0 Å². The van der Waals surface area contributed by atoms with Crippen molar-refractivity contribution in [3.05, 3.63) is 0 Å². The Morgan fingerprint density at radius 3 is 2.42 bits per heavy atom. The second kappa shape index (κ2) is 4.73. The summed E-state index contributed by atoms with van der Waals surface area (Å²) < 4.78 is 0. The fourth-order valence-corrected chi connectivity index (χ4v) is 5.68. The summed E-state index contributed by atoms with van der Waals surface area (Å²) in [6, 6.07) is 0. The fraction of sp³-hybridized carbons (Fsp3) is 1.00. The van der Waals surface area contributed by atoms with Crippen molar-refractivity contribution in [1.82, 2.24) is 0 Å². The minimum atomic E-state index is -0.548. The van der Waals surface area contributed by atoms with Crippen LogP contribution in [0.25, 0.3) is 0 Å². The van der Waals surface area contributed by atoms with Crippen molar-refractivity contribution < 1.29 is 10.2 Å². The summed E-state index contributed by atoms with van der Waals surface area (Å²) in [5.74, 6) is 2.28. The van der Waals surface area contributed by atoms with E-state index in [1.807, 2.05) is 13.8 Å². The van der Waals surface area contributed by atoms with E-state index < -0.39 is 5.60 Å². The molecule has 2 heteroatoms. The maximum absolute atomic E-state index is 11.0. The second-order valence-corrected chi connectivity index (χ2v) is 8.01. The van der Waals surface area contributed by atoms with Crippen molar-refractivity contribution in [3.8, 4) is 0 Å². The van der Waals surface area contributed by atoms with Crippen LogP contribution >= 0.6 is 0 Å². The van der Waals surface area contributed by atoms with E-state index in [1.54, 1.807) is 0 Å². The van der Waals surface area contributed by atoms with Crippen LogP contribution in [0.1, 0.15) is 71.6 Å². The predicted molar refractivity (Wildman–Crippen MR) is 76.8 cm³/mol. The topological polar surface area (TPSA) is 40.5 Å². The molecule has 0 aromatic rings. The Hall–Kier alpha value is -0.0800. The summed E-state index contributed by atoms with van der Waals surface area (Å²) in [5.41, 5.74) is -0.908. The lowest BCUT2D eigenvalue weighted by molar-refractivity contribution is -0.154. The molecule has 3 fully saturated rings. The molecule has 0 heterocycles. The minimum Gasteiger partial charge on any atom is -0.390 e. The van der Waals surface area contributed by atoms with E-state index in [0.29, 0.717) is 23.7 Å². The van der Waals surface area contributed by atoms with Crippen molar-refractivity contribution in [1.29, 1.82) is 0 Å². The van der Waals surface area contributed by atoms with Gasteiger partial charge in [-0.25, -0.2) is 0 Å². The molecule has 0 spiro atoms. The maximum Gasteiger partial charge on any atom is 0.0678 e. The van der Waals surface area contributed by atoms with Gasteiger partial charge >= 0.3 is 0 Å². The molecule has 0 aromatic heterocycles. The monoisotopic (exact) mass is 266 g/mol.